The molecule has 14 heavy (non-hydrogen) atoms. The Morgan fingerprint density at radius 3 is 2.21 bits per heavy atom. The van der Waals surface area contributed by atoms with Crippen LogP contribution >= 0.6 is 12.2 Å². The number of allylic oxidation sites excluding steroid dienone is 3. The molecule has 74 valence electrons. The average Bonchev–Trinajstić information content (AvgIpc) is 2.10. The van der Waals surface area contributed by atoms with Crippen molar-refractivity contribution in [2.45, 2.75) is 13.8 Å². The highest BCUT2D eigenvalue weighted by molar-refractivity contribution is 7.80. The van der Waals surface area contributed by atoms with Crippen molar-refractivity contribution in [1.29, 1.82) is 0 Å². The van der Waals surface area contributed by atoms with Gasteiger partial charge in [0, 0.05) is 0 Å². The predicted octanol–water partition coefficient (Wildman–Crippen LogP) is 0.410. The predicted molar refractivity (Wildman–Crippen MR) is 56.4 cm³/mol. The zero-order chi connectivity index (χ0) is 10.7. The molecular formula is C9H10N2O2S. The van der Waals surface area contributed by atoms with E-state index >= 15 is 0 Å². The Labute approximate surface area is 87.1 Å². The molecule has 2 N–H and O–H groups in total. The van der Waals surface area contributed by atoms with Gasteiger partial charge >= 0.3 is 0 Å². The molecule has 1 aliphatic heterocycles. The number of nitrogens with one attached hydrogen (secondary N) is 2. The van der Waals surface area contributed by atoms with Gasteiger partial charge in [-0.25, -0.2) is 0 Å². The molecule has 0 unspecified atom stereocenters. The summed E-state index contributed by atoms with van der Waals surface area (Å²) < 4.78 is 0. The van der Waals surface area contributed by atoms with Gasteiger partial charge in [-0.15, -0.1) is 0 Å². The van der Waals surface area contributed by atoms with Gasteiger partial charge in [0.1, 0.15) is 5.57 Å². The van der Waals surface area contributed by atoms with Crippen LogP contribution in [0.5, 0.6) is 0 Å². The lowest BCUT2D eigenvalue weighted by molar-refractivity contribution is -0.123. The third-order valence-corrected chi connectivity index (χ3v) is 1.97. The van der Waals surface area contributed by atoms with E-state index in [-0.39, 0.29) is 10.7 Å². The molecule has 5 heteroatoms. The molecule has 0 aliphatic carbocycles. The van der Waals surface area contributed by atoms with E-state index in [2.05, 4.69) is 22.9 Å². The molecular weight excluding hydrogens is 200 g/mol. The van der Waals surface area contributed by atoms with E-state index in [1.165, 1.54) is 6.08 Å². The van der Waals surface area contributed by atoms with Crippen molar-refractivity contribution in [3.8, 4) is 0 Å². The van der Waals surface area contributed by atoms with Crippen molar-refractivity contribution in [2.75, 3.05) is 0 Å². The van der Waals surface area contributed by atoms with Gasteiger partial charge in [0.05, 0.1) is 0 Å². The van der Waals surface area contributed by atoms with E-state index in [1.807, 2.05) is 6.92 Å². The molecule has 0 atom stereocenters. The molecule has 1 rings (SSSR count). The molecule has 1 saturated heterocycles. The molecule has 0 radical (unpaired) electrons. The molecule has 0 saturated carbocycles. The van der Waals surface area contributed by atoms with Crippen LogP contribution in [0.25, 0.3) is 0 Å². The first-order valence-electron chi connectivity index (χ1n) is 4.06. The summed E-state index contributed by atoms with van der Waals surface area (Å²) in [5, 5.41) is 4.76. The van der Waals surface area contributed by atoms with Crippen LogP contribution in [-0.4, -0.2) is 16.9 Å². The van der Waals surface area contributed by atoms with E-state index in [0.29, 0.717) is 0 Å². The minimum Gasteiger partial charge on any atom is -0.299 e. The van der Waals surface area contributed by atoms with Crippen molar-refractivity contribution >= 4 is 29.1 Å². The number of carbonyl (C=O) groups excluding carboxylic acids is 2. The third kappa shape index (κ3) is 2.26. The van der Waals surface area contributed by atoms with Crippen LogP contribution in [0.1, 0.15) is 13.8 Å². The van der Waals surface area contributed by atoms with Crippen molar-refractivity contribution in [2.24, 2.45) is 0 Å². The number of thiocarbonyl (C=S) groups is 1. The summed E-state index contributed by atoms with van der Waals surface area (Å²) in [6.45, 7) is 3.64. The fourth-order valence-electron chi connectivity index (χ4n) is 0.917. The maximum atomic E-state index is 11.3. The molecule has 0 spiro atoms. The number of hydrogen-bond donors (Lipinski definition) is 2. The Hall–Kier alpha value is -1.49. The molecule has 0 aromatic carbocycles. The Bertz CT molecular complexity index is 347. The molecule has 1 aliphatic rings. The highest BCUT2D eigenvalue weighted by Crippen LogP contribution is 2.05. The molecule has 2 amide bonds. The standard InChI is InChI=1S/C9H10N2O2S/c1-3-5(2)4-6-7(12)10-9(14)11-8(6)13/h3-4H,1-2H3,(H2,10,11,12,13,14)/b5-3+. The van der Waals surface area contributed by atoms with Crippen molar-refractivity contribution < 1.29 is 9.59 Å². The maximum absolute atomic E-state index is 11.3. The highest BCUT2D eigenvalue weighted by atomic mass is 32.1. The van der Waals surface area contributed by atoms with Crippen LogP contribution < -0.4 is 10.6 Å². The summed E-state index contributed by atoms with van der Waals surface area (Å²) in [6, 6.07) is 0. The summed E-state index contributed by atoms with van der Waals surface area (Å²) in [5.41, 5.74) is 0.923. The molecule has 1 heterocycles. The van der Waals surface area contributed by atoms with E-state index in [4.69, 9.17) is 0 Å². The highest BCUT2D eigenvalue weighted by Gasteiger charge is 2.25. The van der Waals surface area contributed by atoms with Gasteiger partial charge in [0.2, 0.25) is 0 Å². The van der Waals surface area contributed by atoms with Crippen molar-refractivity contribution in [1.82, 2.24) is 10.6 Å². The second-order valence-corrected chi connectivity index (χ2v) is 3.24. The Kier molecular flexibility index (Phi) is 3.14. The fourth-order valence-corrected chi connectivity index (χ4v) is 1.10. The van der Waals surface area contributed by atoms with Crippen LogP contribution in [-0.2, 0) is 9.59 Å². The lowest BCUT2D eigenvalue weighted by atomic mass is 10.1. The quantitative estimate of drug-likeness (QED) is 0.374. The number of amides is 2. The molecule has 1 fully saturated rings. The normalized spacial score (nSPS) is 17.7. The van der Waals surface area contributed by atoms with Gasteiger partial charge in [0.15, 0.2) is 5.11 Å². The summed E-state index contributed by atoms with van der Waals surface area (Å²) in [4.78, 5) is 22.6. The monoisotopic (exact) mass is 210 g/mol. The van der Waals surface area contributed by atoms with Gasteiger partial charge in [-0.3, -0.25) is 20.2 Å². The first-order chi connectivity index (χ1) is 6.54. The fraction of sp³-hybridized carbons (Fsp3) is 0.222. The van der Waals surface area contributed by atoms with Gasteiger partial charge < -0.3 is 0 Å². The second-order valence-electron chi connectivity index (χ2n) is 2.83. The molecule has 4 nitrogen and oxygen atoms in total. The smallest absolute Gasteiger partial charge is 0.263 e. The zero-order valence-electron chi connectivity index (χ0n) is 7.88. The first kappa shape index (κ1) is 10.6. The van der Waals surface area contributed by atoms with Gasteiger partial charge in [-0.05, 0) is 32.1 Å². The molecule has 0 aromatic rings. The second kappa shape index (κ2) is 4.15. The van der Waals surface area contributed by atoms with Crippen LogP contribution in [0.15, 0.2) is 23.3 Å². The van der Waals surface area contributed by atoms with Crippen LogP contribution in [0.4, 0.5) is 0 Å². The lowest BCUT2D eigenvalue weighted by Gasteiger charge is -2.16. The summed E-state index contributed by atoms with van der Waals surface area (Å²) in [7, 11) is 0. The minimum absolute atomic E-state index is 0.0512. The topological polar surface area (TPSA) is 58.2 Å². The largest absolute Gasteiger partial charge is 0.299 e. The number of hydrogen-bond acceptors (Lipinski definition) is 3. The van der Waals surface area contributed by atoms with E-state index in [9.17, 15) is 9.59 Å². The summed E-state index contributed by atoms with van der Waals surface area (Å²) in [5.74, 6) is -0.917. The van der Waals surface area contributed by atoms with Crippen LogP contribution in [0.3, 0.4) is 0 Å². The molecule has 0 bridgehead atoms. The SMILES string of the molecule is C/C=C(\C)C=C1C(=O)NC(=S)NC1=O. The van der Waals surface area contributed by atoms with Gasteiger partial charge in [-0.2, -0.15) is 0 Å². The van der Waals surface area contributed by atoms with E-state index < -0.39 is 11.8 Å². The van der Waals surface area contributed by atoms with Crippen molar-refractivity contribution in [3.05, 3.63) is 23.3 Å². The Balaban J connectivity index is 2.99. The third-order valence-electron chi connectivity index (χ3n) is 1.77. The van der Waals surface area contributed by atoms with E-state index in [0.717, 1.165) is 5.57 Å². The minimum atomic E-state index is -0.458. The number of rotatable bonds is 1. The van der Waals surface area contributed by atoms with Crippen LogP contribution in [0.2, 0.25) is 0 Å². The first-order valence-corrected chi connectivity index (χ1v) is 4.46. The van der Waals surface area contributed by atoms with E-state index in [1.54, 1.807) is 13.0 Å². The Morgan fingerprint density at radius 1 is 1.29 bits per heavy atom. The summed E-state index contributed by atoms with van der Waals surface area (Å²) in [6.07, 6.45) is 3.33. The maximum Gasteiger partial charge on any atom is 0.263 e. The van der Waals surface area contributed by atoms with Gasteiger partial charge in [-0.1, -0.05) is 11.6 Å². The number of carbonyl (C=O) groups is 2. The Morgan fingerprint density at radius 2 is 1.79 bits per heavy atom. The average molecular weight is 210 g/mol. The summed E-state index contributed by atoms with van der Waals surface area (Å²) >= 11 is 4.65. The molecule has 0 aromatic heterocycles. The zero-order valence-corrected chi connectivity index (χ0v) is 8.70. The van der Waals surface area contributed by atoms with Crippen LogP contribution in [0, 0.1) is 0 Å². The lowest BCUT2D eigenvalue weighted by Crippen LogP contribution is -2.51. The van der Waals surface area contributed by atoms with Crippen molar-refractivity contribution in [3.63, 3.8) is 0 Å². The van der Waals surface area contributed by atoms with Gasteiger partial charge in [0.25, 0.3) is 11.8 Å².